The van der Waals surface area contributed by atoms with Gasteiger partial charge in [-0.3, -0.25) is 4.55 Å². The summed E-state index contributed by atoms with van der Waals surface area (Å²) < 4.78 is 32.3. The first-order valence-corrected chi connectivity index (χ1v) is 11.0. The summed E-state index contributed by atoms with van der Waals surface area (Å²) in [6, 6.07) is 0. The van der Waals surface area contributed by atoms with Gasteiger partial charge in [0, 0.05) is 0 Å². The Morgan fingerprint density at radius 3 is 1.52 bits per heavy atom. The smallest absolute Gasteiger partial charge is 0.267 e. The van der Waals surface area contributed by atoms with Gasteiger partial charge in [0.05, 0.1) is 11.4 Å². The standard InChI is InChI=1S/C18H38O4S/c1-3-4-5-8-12-15-18(23(20,21)22)16-13-10-7-6-9-11-14-17(2)19/h17-19H,3-16H2,1-2H3,(H,20,21,22). The third-order valence-corrected chi connectivity index (χ3v) is 5.76. The van der Waals surface area contributed by atoms with Crippen LogP contribution in [0.15, 0.2) is 0 Å². The zero-order valence-electron chi connectivity index (χ0n) is 15.2. The first-order chi connectivity index (χ1) is 10.9. The second-order valence-electron chi connectivity index (χ2n) is 6.89. The van der Waals surface area contributed by atoms with Gasteiger partial charge in [0.25, 0.3) is 10.1 Å². The second kappa shape index (κ2) is 14.2. The van der Waals surface area contributed by atoms with E-state index >= 15 is 0 Å². The number of unbranched alkanes of at least 4 members (excludes halogenated alkanes) is 9. The Morgan fingerprint density at radius 2 is 1.13 bits per heavy atom. The highest BCUT2D eigenvalue weighted by atomic mass is 32.2. The summed E-state index contributed by atoms with van der Waals surface area (Å²) in [4.78, 5) is 0. The van der Waals surface area contributed by atoms with Crippen LogP contribution in [-0.4, -0.2) is 29.4 Å². The van der Waals surface area contributed by atoms with Gasteiger partial charge in [0.1, 0.15) is 0 Å². The molecule has 0 aromatic carbocycles. The molecule has 0 radical (unpaired) electrons. The predicted octanol–water partition coefficient (Wildman–Crippen LogP) is 5.10. The number of hydrogen-bond donors (Lipinski definition) is 2. The van der Waals surface area contributed by atoms with Gasteiger partial charge < -0.3 is 5.11 Å². The molecule has 23 heavy (non-hydrogen) atoms. The molecule has 5 heteroatoms. The summed E-state index contributed by atoms with van der Waals surface area (Å²) in [5, 5.41) is 8.60. The Hall–Kier alpha value is -0.130. The van der Waals surface area contributed by atoms with Crippen molar-refractivity contribution in [3.63, 3.8) is 0 Å². The fourth-order valence-electron chi connectivity index (χ4n) is 2.94. The van der Waals surface area contributed by atoms with Crippen LogP contribution >= 0.6 is 0 Å². The molecule has 0 saturated heterocycles. The first-order valence-electron chi connectivity index (χ1n) is 9.52. The lowest BCUT2D eigenvalue weighted by Gasteiger charge is -2.13. The molecule has 0 rings (SSSR count). The molecule has 0 aromatic rings. The van der Waals surface area contributed by atoms with Crippen LogP contribution in [0.5, 0.6) is 0 Å². The molecule has 4 nitrogen and oxygen atoms in total. The van der Waals surface area contributed by atoms with Crippen LogP contribution in [0.1, 0.15) is 104 Å². The van der Waals surface area contributed by atoms with Crippen molar-refractivity contribution < 1.29 is 18.1 Å². The average molecular weight is 351 g/mol. The Kier molecular flexibility index (Phi) is 14.2. The van der Waals surface area contributed by atoms with Crippen LogP contribution in [-0.2, 0) is 10.1 Å². The van der Waals surface area contributed by atoms with Crippen molar-refractivity contribution in [1.29, 1.82) is 0 Å². The fraction of sp³-hybridized carbons (Fsp3) is 1.00. The van der Waals surface area contributed by atoms with E-state index < -0.39 is 15.4 Å². The summed E-state index contributed by atoms with van der Waals surface area (Å²) >= 11 is 0. The average Bonchev–Trinajstić information content (AvgIpc) is 2.46. The van der Waals surface area contributed by atoms with Crippen molar-refractivity contribution in [2.45, 2.75) is 115 Å². The molecular formula is C18H38O4S. The lowest BCUT2D eigenvalue weighted by molar-refractivity contribution is 0.180. The maximum Gasteiger partial charge on any atom is 0.267 e. The topological polar surface area (TPSA) is 74.6 Å². The van der Waals surface area contributed by atoms with Crippen molar-refractivity contribution in [2.24, 2.45) is 0 Å². The molecule has 2 unspecified atom stereocenters. The molecule has 0 aromatic heterocycles. The highest BCUT2D eigenvalue weighted by Gasteiger charge is 2.21. The maximum absolute atomic E-state index is 11.5. The lowest BCUT2D eigenvalue weighted by atomic mass is 10.0. The van der Waals surface area contributed by atoms with Gasteiger partial charge in [-0.05, 0) is 26.2 Å². The summed E-state index contributed by atoms with van der Waals surface area (Å²) in [7, 11) is -3.90. The lowest BCUT2D eigenvalue weighted by Crippen LogP contribution is -2.20. The molecule has 0 aliphatic rings. The van der Waals surface area contributed by atoms with Crippen LogP contribution in [0, 0.1) is 0 Å². The van der Waals surface area contributed by atoms with E-state index in [0.717, 1.165) is 64.2 Å². The van der Waals surface area contributed by atoms with Crippen molar-refractivity contribution in [2.75, 3.05) is 0 Å². The summed E-state index contributed by atoms with van der Waals surface area (Å²) in [5.41, 5.74) is 0. The quantitative estimate of drug-likeness (QED) is 0.300. The zero-order chi connectivity index (χ0) is 17.6. The van der Waals surface area contributed by atoms with Gasteiger partial charge in [0.2, 0.25) is 0 Å². The van der Waals surface area contributed by atoms with Crippen LogP contribution < -0.4 is 0 Å². The minimum atomic E-state index is -3.90. The molecule has 0 aliphatic heterocycles. The number of rotatable bonds is 16. The van der Waals surface area contributed by atoms with E-state index in [-0.39, 0.29) is 6.10 Å². The molecule has 0 aliphatic carbocycles. The highest BCUT2D eigenvalue weighted by molar-refractivity contribution is 7.86. The molecule has 0 saturated carbocycles. The molecule has 0 fully saturated rings. The van der Waals surface area contributed by atoms with E-state index in [1.54, 1.807) is 0 Å². The fourth-order valence-corrected chi connectivity index (χ4v) is 3.87. The maximum atomic E-state index is 11.5. The molecule has 0 bridgehead atoms. The Morgan fingerprint density at radius 1 is 0.739 bits per heavy atom. The molecular weight excluding hydrogens is 312 g/mol. The summed E-state index contributed by atoms with van der Waals surface area (Å²) in [6.45, 7) is 3.98. The second-order valence-corrected chi connectivity index (χ2v) is 8.58. The zero-order valence-corrected chi connectivity index (χ0v) is 16.0. The monoisotopic (exact) mass is 350 g/mol. The van der Waals surface area contributed by atoms with Crippen LogP contribution in [0.2, 0.25) is 0 Å². The third kappa shape index (κ3) is 15.2. The summed E-state index contributed by atoms with van der Waals surface area (Å²) in [5.74, 6) is 0. The van der Waals surface area contributed by atoms with E-state index in [9.17, 15) is 13.0 Å². The molecule has 2 N–H and O–H groups in total. The number of hydrogen-bond acceptors (Lipinski definition) is 3. The van der Waals surface area contributed by atoms with Crippen molar-refractivity contribution in [1.82, 2.24) is 0 Å². The van der Waals surface area contributed by atoms with E-state index in [1.165, 1.54) is 12.8 Å². The van der Waals surface area contributed by atoms with Gasteiger partial charge in [-0.2, -0.15) is 8.42 Å². The van der Waals surface area contributed by atoms with Crippen molar-refractivity contribution >= 4 is 10.1 Å². The molecule has 0 spiro atoms. The third-order valence-electron chi connectivity index (χ3n) is 4.45. The van der Waals surface area contributed by atoms with Crippen LogP contribution in [0.25, 0.3) is 0 Å². The van der Waals surface area contributed by atoms with E-state index in [0.29, 0.717) is 12.8 Å². The van der Waals surface area contributed by atoms with Crippen molar-refractivity contribution in [3.8, 4) is 0 Å². The predicted molar refractivity (Wildman–Crippen MR) is 97.3 cm³/mol. The van der Waals surface area contributed by atoms with Crippen molar-refractivity contribution in [3.05, 3.63) is 0 Å². The molecule has 140 valence electrons. The first kappa shape index (κ1) is 22.9. The van der Waals surface area contributed by atoms with Gasteiger partial charge in [-0.25, -0.2) is 0 Å². The van der Waals surface area contributed by atoms with Gasteiger partial charge in [-0.1, -0.05) is 77.6 Å². The molecule has 0 amide bonds. The number of aliphatic hydroxyl groups is 1. The Labute approximate surface area is 143 Å². The van der Waals surface area contributed by atoms with Crippen LogP contribution in [0.4, 0.5) is 0 Å². The largest absolute Gasteiger partial charge is 0.393 e. The van der Waals surface area contributed by atoms with Gasteiger partial charge >= 0.3 is 0 Å². The Balaban J connectivity index is 3.73. The van der Waals surface area contributed by atoms with E-state index in [1.807, 2.05) is 6.92 Å². The minimum absolute atomic E-state index is 0.206. The SMILES string of the molecule is CCCCCCCC(CCCCCCCCC(C)O)S(=O)(=O)O. The normalized spacial score (nSPS) is 14.8. The van der Waals surface area contributed by atoms with Gasteiger partial charge in [0.15, 0.2) is 0 Å². The molecule has 0 heterocycles. The van der Waals surface area contributed by atoms with E-state index in [2.05, 4.69) is 6.92 Å². The van der Waals surface area contributed by atoms with Crippen LogP contribution in [0.3, 0.4) is 0 Å². The van der Waals surface area contributed by atoms with Gasteiger partial charge in [-0.15, -0.1) is 0 Å². The van der Waals surface area contributed by atoms with E-state index in [4.69, 9.17) is 5.11 Å². The minimum Gasteiger partial charge on any atom is -0.393 e. The number of aliphatic hydroxyl groups excluding tert-OH is 1. The highest BCUT2D eigenvalue weighted by Crippen LogP contribution is 2.19. The Bertz CT molecular complexity index is 352. The molecule has 2 atom stereocenters. The summed E-state index contributed by atoms with van der Waals surface area (Å²) in [6.07, 6.45) is 13.6.